The summed E-state index contributed by atoms with van der Waals surface area (Å²) in [4.78, 5) is 17.0. The third-order valence-corrected chi connectivity index (χ3v) is 7.09. The Balaban J connectivity index is 1.79. The number of alkyl halides is 2. The maximum absolute atomic E-state index is 14.1. The zero-order valence-electron chi connectivity index (χ0n) is 18.1. The highest BCUT2D eigenvalue weighted by atomic mass is 79.9. The molecule has 170 valence electrons. The first-order chi connectivity index (χ1) is 15.9. The molecule has 1 aliphatic rings. The number of carbonyl (C=O) groups is 1. The molecule has 0 spiro atoms. The summed E-state index contributed by atoms with van der Waals surface area (Å²) in [6.45, 7) is 0. The van der Waals surface area contributed by atoms with Gasteiger partial charge in [0.25, 0.3) is 0 Å². The lowest BCUT2D eigenvalue weighted by Crippen LogP contribution is -2.30. The van der Waals surface area contributed by atoms with Crippen LogP contribution < -0.4 is 0 Å². The molecule has 2 aromatic heterocycles. The molecule has 1 fully saturated rings. The van der Waals surface area contributed by atoms with Crippen LogP contribution in [0, 0.1) is 5.92 Å². The zero-order chi connectivity index (χ0) is 23.2. The summed E-state index contributed by atoms with van der Waals surface area (Å²) in [7, 11) is 1.36. The summed E-state index contributed by atoms with van der Waals surface area (Å²) in [5.74, 6) is -3.01. The molecule has 0 bridgehead atoms. The van der Waals surface area contributed by atoms with E-state index in [1.807, 2.05) is 48.5 Å². The second kappa shape index (κ2) is 8.52. The normalized spacial score (nSPS) is 17.3. The van der Waals surface area contributed by atoms with Crippen molar-refractivity contribution in [2.24, 2.45) is 5.92 Å². The van der Waals surface area contributed by atoms with Crippen LogP contribution >= 0.6 is 15.9 Å². The van der Waals surface area contributed by atoms with Crippen molar-refractivity contribution in [2.75, 3.05) is 7.11 Å². The number of hydrogen-bond donors (Lipinski definition) is 0. The zero-order valence-corrected chi connectivity index (χ0v) is 19.7. The van der Waals surface area contributed by atoms with Gasteiger partial charge < -0.3 is 9.30 Å². The second-order valence-corrected chi connectivity index (χ2v) is 9.58. The van der Waals surface area contributed by atoms with Crippen LogP contribution in [-0.4, -0.2) is 28.6 Å². The average Bonchev–Trinajstić information content (AvgIpc) is 3.13. The molecule has 0 unspecified atom stereocenters. The number of aromatic nitrogens is 2. The molecular formula is C26H23BrF2N2O2. The van der Waals surface area contributed by atoms with Crippen molar-refractivity contribution < 1.29 is 18.3 Å². The lowest BCUT2D eigenvalue weighted by molar-refractivity contribution is -0.0493. The molecule has 2 aromatic carbocycles. The Labute approximate surface area is 198 Å². The lowest BCUT2D eigenvalue weighted by Gasteiger charge is -2.35. The van der Waals surface area contributed by atoms with E-state index < -0.39 is 11.9 Å². The van der Waals surface area contributed by atoms with Gasteiger partial charge in [0.15, 0.2) is 0 Å². The van der Waals surface area contributed by atoms with Gasteiger partial charge in [-0.05, 0) is 64.5 Å². The highest BCUT2D eigenvalue weighted by Crippen LogP contribution is 2.45. The van der Waals surface area contributed by atoms with E-state index in [1.54, 1.807) is 12.3 Å². The number of methoxy groups -OCH3 is 1. The van der Waals surface area contributed by atoms with Crippen LogP contribution in [0.15, 0.2) is 65.3 Å². The number of benzene rings is 2. The number of esters is 1. The number of halogens is 3. The molecule has 1 saturated carbocycles. The van der Waals surface area contributed by atoms with Crippen molar-refractivity contribution in [1.82, 2.24) is 9.55 Å². The van der Waals surface area contributed by atoms with Crippen LogP contribution in [0.5, 0.6) is 0 Å². The van der Waals surface area contributed by atoms with Gasteiger partial charge in [-0.3, -0.25) is 4.98 Å². The molecule has 1 atom stereocenters. The van der Waals surface area contributed by atoms with E-state index in [0.29, 0.717) is 18.4 Å². The van der Waals surface area contributed by atoms with Crippen molar-refractivity contribution in [3.05, 3.63) is 76.4 Å². The third kappa shape index (κ3) is 4.03. The van der Waals surface area contributed by atoms with Gasteiger partial charge in [-0.1, -0.05) is 30.3 Å². The minimum absolute atomic E-state index is 0.0200. The van der Waals surface area contributed by atoms with Crippen LogP contribution in [0.3, 0.4) is 0 Å². The Kier molecular flexibility index (Phi) is 5.69. The van der Waals surface area contributed by atoms with E-state index in [1.165, 1.54) is 7.11 Å². The summed E-state index contributed by atoms with van der Waals surface area (Å²) >= 11 is 3.54. The van der Waals surface area contributed by atoms with Gasteiger partial charge in [-0.15, -0.1) is 0 Å². The number of ether oxygens (including phenoxy) is 1. The fourth-order valence-electron chi connectivity index (χ4n) is 5.09. The van der Waals surface area contributed by atoms with Crippen LogP contribution in [-0.2, 0) is 4.74 Å². The van der Waals surface area contributed by atoms with E-state index in [2.05, 4.69) is 25.5 Å². The predicted molar refractivity (Wildman–Crippen MR) is 128 cm³/mol. The molecule has 0 N–H and O–H groups in total. The second-order valence-electron chi connectivity index (χ2n) is 8.66. The first kappa shape index (κ1) is 22.0. The van der Waals surface area contributed by atoms with E-state index in [-0.39, 0.29) is 24.8 Å². The molecule has 4 aromatic rings. The fourth-order valence-corrected chi connectivity index (χ4v) is 5.40. The van der Waals surface area contributed by atoms with Gasteiger partial charge in [0.1, 0.15) is 0 Å². The van der Waals surface area contributed by atoms with E-state index in [0.717, 1.165) is 32.0 Å². The summed E-state index contributed by atoms with van der Waals surface area (Å²) in [5, 5.41) is 0.909. The molecule has 0 radical (unpaired) electrons. The smallest absolute Gasteiger partial charge is 0.337 e. The van der Waals surface area contributed by atoms with Gasteiger partial charge in [0.2, 0.25) is 5.92 Å². The van der Waals surface area contributed by atoms with Crippen LogP contribution in [0.1, 0.15) is 47.6 Å². The summed E-state index contributed by atoms with van der Waals surface area (Å²) in [5.41, 5.74) is 4.04. The molecule has 7 heteroatoms. The quantitative estimate of drug-likeness (QED) is 0.272. The van der Waals surface area contributed by atoms with Crippen LogP contribution in [0.4, 0.5) is 8.78 Å². The number of pyridine rings is 1. The maximum Gasteiger partial charge on any atom is 0.337 e. The van der Waals surface area contributed by atoms with Crippen LogP contribution in [0.2, 0.25) is 0 Å². The number of hydrogen-bond acceptors (Lipinski definition) is 3. The molecule has 1 aliphatic carbocycles. The van der Waals surface area contributed by atoms with Crippen molar-refractivity contribution in [1.29, 1.82) is 0 Å². The molecule has 2 heterocycles. The SMILES string of the molecule is COC(=O)c1ccc2c3ncc(Br)cc3n([C@H](c3ccccc3)C3CCC(F)(F)CC3)c2c1. The predicted octanol–water partition coefficient (Wildman–Crippen LogP) is 7.15. The van der Waals surface area contributed by atoms with E-state index >= 15 is 0 Å². The average molecular weight is 513 g/mol. The number of fused-ring (bicyclic) bond motifs is 3. The highest BCUT2D eigenvalue weighted by Gasteiger charge is 2.39. The summed E-state index contributed by atoms with van der Waals surface area (Å²) in [6.07, 6.45) is 2.36. The molecular weight excluding hydrogens is 490 g/mol. The van der Waals surface area contributed by atoms with Gasteiger partial charge in [0, 0.05) is 28.9 Å². The van der Waals surface area contributed by atoms with Gasteiger partial charge in [-0.2, -0.15) is 0 Å². The number of rotatable bonds is 4. The Hall–Kier alpha value is -2.80. The van der Waals surface area contributed by atoms with Crippen molar-refractivity contribution >= 4 is 43.8 Å². The Bertz CT molecular complexity index is 1330. The van der Waals surface area contributed by atoms with E-state index in [4.69, 9.17) is 4.74 Å². The number of nitrogens with zero attached hydrogens (tertiary/aromatic N) is 2. The maximum atomic E-state index is 14.1. The Morgan fingerprint density at radius 2 is 1.85 bits per heavy atom. The molecule has 0 aliphatic heterocycles. The van der Waals surface area contributed by atoms with Crippen molar-refractivity contribution in [3.63, 3.8) is 0 Å². The fraction of sp³-hybridized carbons (Fsp3) is 0.308. The Morgan fingerprint density at radius 1 is 1.12 bits per heavy atom. The van der Waals surface area contributed by atoms with Crippen molar-refractivity contribution in [3.8, 4) is 0 Å². The molecule has 33 heavy (non-hydrogen) atoms. The lowest BCUT2D eigenvalue weighted by atomic mass is 9.79. The minimum Gasteiger partial charge on any atom is -0.465 e. The topological polar surface area (TPSA) is 44.1 Å². The van der Waals surface area contributed by atoms with E-state index in [9.17, 15) is 13.6 Å². The van der Waals surface area contributed by atoms with Gasteiger partial charge >= 0.3 is 5.97 Å². The van der Waals surface area contributed by atoms with Gasteiger partial charge in [-0.25, -0.2) is 13.6 Å². The molecule has 0 amide bonds. The first-order valence-corrected chi connectivity index (χ1v) is 11.8. The van der Waals surface area contributed by atoms with Crippen LogP contribution in [0.25, 0.3) is 21.9 Å². The summed E-state index contributed by atoms with van der Waals surface area (Å²) in [6, 6.07) is 17.3. The van der Waals surface area contributed by atoms with Gasteiger partial charge in [0.05, 0.1) is 35.3 Å². The van der Waals surface area contributed by atoms with Crippen molar-refractivity contribution in [2.45, 2.75) is 37.6 Å². The molecule has 4 nitrogen and oxygen atoms in total. The largest absolute Gasteiger partial charge is 0.465 e. The highest BCUT2D eigenvalue weighted by molar-refractivity contribution is 9.10. The first-order valence-electron chi connectivity index (χ1n) is 11.0. The standard InChI is InChI=1S/C26H23BrF2N2O2/c1-33-25(32)18-7-8-20-21(13-18)31(22-14-19(27)15-30-23(20)22)24(16-5-3-2-4-6-16)17-9-11-26(28,29)12-10-17/h2-8,13-15,17,24H,9-12H2,1H3/t24-/m1/s1. The third-order valence-electron chi connectivity index (χ3n) is 6.65. The summed E-state index contributed by atoms with van der Waals surface area (Å²) < 4.78 is 36.1. The monoisotopic (exact) mass is 512 g/mol. The minimum atomic E-state index is -2.61. The Morgan fingerprint density at radius 3 is 2.55 bits per heavy atom. The molecule has 0 saturated heterocycles. The molecule has 5 rings (SSSR count). The number of carbonyl (C=O) groups excluding carboxylic acids is 1.